The number of hydrogen-bond acceptors (Lipinski definition) is 5. The third-order valence-electron chi connectivity index (χ3n) is 3.11. The van der Waals surface area contributed by atoms with Gasteiger partial charge in [0.1, 0.15) is 22.8 Å². The third kappa shape index (κ3) is 6.53. The molecule has 25 heavy (non-hydrogen) atoms. The van der Waals surface area contributed by atoms with Crippen LogP contribution in [-0.4, -0.2) is 28.9 Å². The standard InChI is InChI=1S/C17H14Cl3NO4/c18-9-16(22)25-13(6-11-4-2-1-3-5-11)17(23)24-10-12-7-14(19)21-15(20)8-12/h1-5,7-8,13H,6,9-10H2/t13-/m0/s1. The highest BCUT2D eigenvalue weighted by Gasteiger charge is 2.25. The van der Waals surface area contributed by atoms with Crippen molar-refractivity contribution in [2.75, 3.05) is 5.88 Å². The van der Waals surface area contributed by atoms with Crippen LogP contribution >= 0.6 is 34.8 Å². The summed E-state index contributed by atoms with van der Waals surface area (Å²) in [6, 6.07) is 12.2. The Morgan fingerprint density at radius 3 is 2.28 bits per heavy atom. The zero-order valence-electron chi connectivity index (χ0n) is 13.0. The Kier molecular flexibility index (Phi) is 7.50. The van der Waals surface area contributed by atoms with Gasteiger partial charge in [-0.05, 0) is 23.3 Å². The molecule has 0 aliphatic heterocycles. The van der Waals surface area contributed by atoms with Crippen LogP contribution in [-0.2, 0) is 32.1 Å². The van der Waals surface area contributed by atoms with E-state index in [0.29, 0.717) is 5.56 Å². The third-order valence-corrected chi connectivity index (χ3v) is 3.72. The molecule has 1 atom stereocenters. The average molecular weight is 403 g/mol. The lowest BCUT2D eigenvalue weighted by atomic mass is 10.1. The van der Waals surface area contributed by atoms with Crippen molar-refractivity contribution in [3.63, 3.8) is 0 Å². The van der Waals surface area contributed by atoms with E-state index < -0.39 is 18.0 Å². The van der Waals surface area contributed by atoms with Gasteiger partial charge in [0.2, 0.25) is 6.10 Å². The predicted octanol–water partition coefficient (Wildman–Crippen LogP) is 3.82. The van der Waals surface area contributed by atoms with Crippen LogP contribution in [0.4, 0.5) is 0 Å². The lowest BCUT2D eigenvalue weighted by Gasteiger charge is -2.16. The molecule has 0 N–H and O–H groups in total. The topological polar surface area (TPSA) is 65.5 Å². The number of alkyl halides is 1. The number of aromatic nitrogens is 1. The van der Waals surface area contributed by atoms with Crippen molar-refractivity contribution in [1.82, 2.24) is 4.98 Å². The van der Waals surface area contributed by atoms with E-state index >= 15 is 0 Å². The molecule has 0 fully saturated rings. The van der Waals surface area contributed by atoms with E-state index in [-0.39, 0.29) is 29.2 Å². The molecule has 1 aromatic heterocycles. The van der Waals surface area contributed by atoms with E-state index in [2.05, 4.69) is 4.98 Å². The van der Waals surface area contributed by atoms with Crippen molar-refractivity contribution in [3.05, 3.63) is 63.9 Å². The molecule has 0 saturated heterocycles. The minimum absolute atomic E-state index is 0.0789. The van der Waals surface area contributed by atoms with Gasteiger partial charge in [-0.3, -0.25) is 4.79 Å². The van der Waals surface area contributed by atoms with Crippen LogP contribution in [0.3, 0.4) is 0 Å². The summed E-state index contributed by atoms with van der Waals surface area (Å²) in [4.78, 5) is 27.6. The monoisotopic (exact) mass is 401 g/mol. The number of carbonyl (C=O) groups is 2. The Bertz CT molecular complexity index is 720. The van der Waals surface area contributed by atoms with E-state index in [4.69, 9.17) is 44.3 Å². The van der Waals surface area contributed by atoms with Crippen LogP contribution in [0.5, 0.6) is 0 Å². The minimum Gasteiger partial charge on any atom is -0.458 e. The number of nitrogens with zero attached hydrogens (tertiary/aromatic N) is 1. The molecule has 0 radical (unpaired) electrons. The van der Waals surface area contributed by atoms with Gasteiger partial charge in [0.05, 0.1) is 0 Å². The summed E-state index contributed by atoms with van der Waals surface area (Å²) in [5.74, 6) is -1.74. The Morgan fingerprint density at radius 2 is 1.68 bits per heavy atom. The van der Waals surface area contributed by atoms with Gasteiger partial charge in [-0.2, -0.15) is 0 Å². The van der Waals surface area contributed by atoms with Crippen LogP contribution in [0.25, 0.3) is 0 Å². The number of pyridine rings is 1. The molecule has 0 amide bonds. The zero-order chi connectivity index (χ0) is 18.2. The van der Waals surface area contributed by atoms with Crippen molar-refractivity contribution in [1.29, 1.82) is 0 Å². The second-order valence-electron chi connectivity index (χ2n) is 5.03. The summed E-state index contributed by atoms with van der Waals surface area (Å²) < 4.78 is 10.3. The van der Waals surface area contributed by atoms with Crippen molar-refractivity contribution in [2.24, 2.45) is 0 Å². The van der Waals surface area contributed by atoms with Gasteiger partial charge in [0.25, 0.3) is 0 Å². The van der Waals surface area contributed by atoms with Crippen molar-refractivity contribution < 1.29 is 19.1 Å². The average Bonchev–Trinajstić information content (AvgIpc) is 2.59. The molecule has 132 valence electrons. The Labute approximate surface area is 159 Å². The van der Waals surface area contributed by atoms with Crippen LogP contribution in [0.1, 0.15) is 11.1 Å². The van der Waals surface area contributed by atoms with Crippen LogP contribution in [0.2, 0.25) is 10.3 Å². The second kappa shape index (κ2) is 9.61. The summed E-state index contributed by atoms with van der Waals surface area (Å²) in [5.41, 5.74) is 1.39. The fourth-order valence-electron chi connectivity index (χ4n) is 2.04. The maximum Gasteiger partial charge on any atom is 0.348 e. The van der Waals surface area contributed by atoms with Gasteiger partial charge in [0, 0.05) is 6.42 Å². The molecular weight excluding hydrogens is 389 g/mol. The second-order valence-corrected chi connectivity index (χ2v) is 6.07. The minimum atomic E-state index is -1.10. The first-order valence-corrected chi connectivity index (χ1v) is 8.55. The highest BCUT2D eigenvalue weighted by molar-refractivity contribution is 6.32. The number of benzene rings is 1. The van der Waals surface area contributed by atoms with E-state index in [1.165, 1.54) is 12.1 Å². The molecule has 2 rings (SSSR count). The summed E-state index contributed by atoms with van der Waals surface area (Å²) in [6.45, 7) is -0.0789. The number of hydrogen-bond donors (Lipinski definition) is 0. The Morgan fingerprint density at radius 1 is 1.04 bits per heavy atom. The van der Waals surface area contributed by atoms with Crippen LogP contribution in [0.15, 0.2) is 42.5 Å². The largest absolute Gasteiger partial charge is 0.458 e. The lowest BCUT2D eigenvalue weighted by molar-refractivity contribution is -0.167. The number of ether oxygens (including phenoxy) is 2. The normalized spacial score (nSPS) is 11.6. The first-order valence-electron chi connectivity index (χ1n) is 7.26. The highest BCUT2D eigenvalue weighted by atomic mass is 35.5. The quantitative estimate of drug-likeness (QED) is 0.400. The van der Waals surface area contributed by atoms with Crippen molar-refractivity contribution in [2.45, 2.75) is 19.1 Å². The molecule has 5 nitrogen and oxygen atoms in total. The molecule has 0 aliphatic carbocycles. The Balaban J connectivity index is 2.04. The van der Waals surface area contributed by atoms with Gasteiger partial charge in [0.15, 0.2) is 0 Å². The summed E-state index contributed by atoms with van der Waals surface area (Å²) in [7, 11) is 0. The number of esters is 2. The number of carbonyl (C=O) groups excluding carboxylic acids is 2. The van der Waals surface area contributed by atoms with Crippen LogP contribution in [0, 0.1) is 0 Å². The van der Waals surface area contributed by atoms with Crippen LogP contribution < -0.4 is 0 Å². The SMILES string of the molecule is O=C(CCl)O[C@@H](Cc1ccccc1)C(=O)OCc1cc(Cl)nc(Cl)c1. The Hall–Kier alpha value is -1.82. The maximum atomic E-state index is 12.3. The summed E-state index contributed by atoms with van der Waals surface area (Å²) in [5, 5.41) is 0.376. The molecule has 1 aromatic carbocycles. The van der Waals surface area contributed by atoms with E-state index in [9.17, 15) is 9.59 Å². The first kappa shape index (κ1) is 19.5. The molecule has 0 aliphatic rings. The maximum absolute atomic E-state index is 12.3. The van der Waals surface area contributed by atoms with E-state index in [0.717, 1.165) is 5.56 Å². The zero-order valence-corrected chi connectivity index (χ0v) is 15.2. The van der Waals surface area contributed by atoms with Gasteiger partial charge in [-0.1, -0.05) is 53.5 Å². The van der Waals surface area contributed by atoms with E-state index in [1.807, 2.05) is 30.3 Å². The van der Waals surface area contributed by atoms with E-state index in [1.54, 1.807) is 0 Å². The molecule has 0 unspecified atom stereocenters. The van der Waals surface area contributed by atoms with Crippen molar-refractivity contribution in [3.8, 4) is 0 Å². The van der Waals surface area contributed by atoms with Crippen molar-refractivity contribution >= 4 is 46.7 Å². The molecule has 1 heterocycles. The molecule has 0 spiro atoms. The number of rotatable bonds is 7. The highest BCUT2D eigenvalue weighted by Crippen LogP contribution is 2.16. The molecular formula is C17H14Cl3NO4. The molecule has 8 heteroatoms. The molecule has 0 saturated carbocycles. The number of halogens is 3. The summed E-state index contributed by atoms with van der Waals surface area (Å²) >= 11 is 17.1. The van der Waals surface area contributed by atoms with Gasteiger partial charge in [-0.25, -0.2) is 9.78 Å². The molecule has 0 bridgehead atoms. The predicted molar refractivity (Wildman–Crippen MR) is 94.8 cm³/mol. The smallest absolute Gasteiger partial charge is 0.348 e. The van der Waals surface area contributed by atoms with Gasteiger partial charge >= 0.3 is 11.9 Å². The lowest BCUT2D eigenvalue weighted by Crippen LogP contribution is -2.31. The fourth-order valence-corrected chi connectivity index (χ4v) is 2.61. The fraction of sp³-hybridized carbons (Fsp3) is 0.235. The molecule has 2 aromatic rings. The van der Waals surface area contributed by atoms with Gasteiger partial charge < -0.3 is 9.47 Å². The first-order chi connectivity index (χ1) is 12.0. The summed E-state index contributed by atoms with van der Waals surface area (Å²) in [6.07, 6.45) is -0.915. The van der Waals surface area contributed by atoms with Gasteiger partial charge in [-0.15, -0.1) is 11.6 Å².